The third kappa shape index (κ3) is 3.03. The number of aliphatic hydroxyl groups is 1. The molecule has 2 aromatic rings. The highest BCUT2D eigenvalue weighted by Crippen LogP contribution is 2.45. The minimum Gasteiger partial charge on any atom is -0.463 e. The Morgan fingerprint density at radius 3 is 2.78 bits per heavy atom. The number of furan rings is 1. The second-order valence-electron chi connectivity index (χ2n) is 6.66. The van der Waals surface area contributed by atoms with Crippen molar-refractivity contribution < 1.29 is 14.3 Å². The molecule has 6 nitrogen and oxygen atoms in total. The van der Waals surface area contributed by atoms with Gasteiger partial charge in [-0.2, -0.15) is 5.10 Å². The number of hydrogen-bond acceptors (Lipinski definition) is 4. The van der Waals surface area contributed by atoms with Gasteiger partial charge in [0, 0.05) is 24.6 Å². The van der Waals surface area contributed by atoms with Crippen LogP contribution in [-0.2, 0) is 0 Å². The predicted molar refractivity (Wildman–Crippen MR) is 83.6 cm³/mol. The van der Waals surface area contributed by atoms with Crippen LogP contribution in [0.1, 0.15) is 36.2 Å². The van der Waals surface area contributed by atoms with Crippen LogP contribution in [-0.4, -0.2) is 33.9 Å². The largest absolute Gasteiger partial charge is 0.463 e. The van der Waals surface area contributed by atoms with Crippen molar-refractivity contribution in [3.8, 4) is 11.5 Å². The standard InChI is InChI=1S/C17H21N3O3/c21-9-12(10-3-4-10)16(11-5-6-11)18-17(22)14-8-13(19-20-14)15-2-1-7-23-15/h1-2,7-8,10-12,16,21H,3-6,9H2,(H,18,22)(H,19,20). The van der Waals surface area contributed by atoms with Gasteiger partial charge in [-0.25, -0.2) is 0 Å². The van der Waals surface area contributed by atoms with Gasteiger partial charge in [-0.3, -0.25) is 9.89 Å². The van der Waals surface area contributed by atoms with Crippen LogP contribution >= 0.6 is 0 Å². The lowest BCUT2D eigenvalue weighted by molar-refractivity contribution is 0.0874. The minimum absolute atomic E-state index is 0.0590. The summed E-state index contributed by atoms with van der Waals surface area (Å²) >= 11 is 0. The van der Waals surface area contributed by atoms with E-state index in [-0.39, 0.29) is 24.5 Å². The first-order valence-corrected chi connectivity index (χ1v) is 8.27. The molecule has 2 heterocycles. The van der Waals surface area contributed by atoms with E-state index >= 15 is 0 Å². The fourth-order valence-electron chi connectivity index (χ4n) is 3.33. The van der Waals surface area contributed by atoms with E-state index in [9.17, 15) is 9.90 Å². The number of H-pyrrole nitrogens is 1. The summed E-state index contributed by atoms with van der Waals surface area (Å²) < 4.78 is 5.30. The Morgan fingerprint density at radius 1 is 1.39 bits per heavy atom. The maximum absolute atomic E-state index is 12.5. The first kappa shape index (κ1) is 14.5. The van der Waals surface area contributed by atoms with E-state index in [1.54, 1.807) is 18.4 Å². The van der Waals surface area contributed by atoms with E-state index in [1.165, 1.54) is 0 Å². The van der Waals surface area contributed by atoms with Crippen LogP contribution in [0.15, 0.2) is 28.9 Å². The Balaban J connectivity index is 1.47. The number of carbonyl (C=O) groups excluding carboxylic acids is 1. The highest BCUT2D eigenvalue weighted by atomic mass is 16.3. The number of nitrogens with one attached hydrogen (secondary N) is 2. The molecular weight excluding hydrogens is 294 g/mol. The van der Waals surface area contributed by atoms with Crippen molar-refractivity contribution in [2.45, 2.75) is 31.7 Å². The average molecular weight is 315 g/mol. The molecule has 0 aromatic carbocycles. The van der Waals surface area contributed by atoms with E-state index in [0.717, 1.165) is 25.7 Å². The monoisotopic (exact) mass is 315 g/mol. The maximum atomic E-state index is 12.5. The molecule has 0 radical (unpaired) electrons. The summed E-state index contributed by atoms with van der Waals surface area (Å²) in [6, 6.07) is 5.37. The molecule has 2 aromatic heterocycles. The number of aromatic amines is 1. The number of aliphatic hydroxyl groups excluding tert-OH is 1. The number of hydrogen-bond donors (Lipinski definition) is 3. The van der Waals surface area contributed by atoms with Crippen molar-refractivity contribution in [2.24, 2.45) is 17.8 Å². The van der Waals surface area contributed by atoms with Crippen LogP contribution in [0.25, 0.3) is 11.5 Å². The Bertz CT molecular complexity index is 671. The van der Waals surface area contributed by atoms with Crippen molar-refractivity contribution in [2.75, 3.05) is 6.61 Å². The molecule has 2 atom stereocenters. The first-order chi connectivity index (χ1) is 11.3. The molecule has 0 bridgehead atoms. The second kappa shape index (κ2) is 5.85. The molecule has 1 amide bonds. The van der Waals surface area contributed by atoms with Gasteiger partial charge in [-0.05, 0) is 49.7 Å². The van der Waals surface area contributed by atoms with Gasteiger partial charge in [0.25, 0.3) is 5.91 Å². The zero-order valence-electron chi connectivity index (χ0n) is 12.9. The van der Waals surface area contributed by atoms with Gasteiger partial charge in [0.2, 0.25) is 0 Å². The van der Waals surface area contributed by atoms with Gasteiger partial charge in [0.15, 0.2) is 11.5 Å². The third-order valence-corrected chi connectivity index (χ3v) is 4.92. The summed E-state index contributed by atoms with van der Waals surface area (Å²) in [5.74, 6) is 1.70. The lowest BCUT2D eigenvalue weighted by atomic mass is 9.91. The number of carbonyl (C=O) groups is 1. The van der Waals surface area contributed by atoms with Gasteiger partial charge in [-0.1, -0.05) is 0 Å². The Kier molecular flexibility index (Phi) is 3.69. The molecular formula is C17H21N3O3. The Labute approximate surface area is 134 Å². The number of amides is 1. The summed E-state index contributed by atoms with van der Waals surface area (Å²) in [6.45, 7) is 0.143. The topological polar surface area (TPSA) is 91.1 Å². The van der Waals surface area contributed by atoms with Crippen LogP contribution < -0.4 is 5.32 Å². The molecule has 2 aliphatic rings. The molecule has 23 heavy (non-hydrogen) atoms. The highest BCUT2D eigenvalue weighted by Gasteiger charge is 2.44. The first-order valence-electron chi connectivity index (χ1n) is 8.27. The quantitative estimate of drug-likeness (QED) is 0.730. The van der Waals surface area contributed by atoms with Crippen molar-refractivity contribution in [1.29, 1.82) is 0 Å². The Hall–Kier alpha value is -2.08. The van der Waals surface area contributed by atoms with Gasteiger partial charge >= 0.3 is 0 Å². The second-order valence-corrected chi connectivity index (χ2v) is 6.66. The van der Waals surface area contributed by atoms with E-state index < -0.39 is 0 Å². The number of nitrogens with zero attached hydrogens (tertiary/aromatic N) is 1. The molecule has 2 saturated carbocycles. The maximum Gasteiger partial charge on any atom is 0.272 e. The smallest absolute Gasteiger partial charge is 0.272 e. The lowest BCUT2D eigenvalue weighted by Crippen LogP contribution is -2.44. The molecule has 2 aliphatic carbocycles. The molecule has 4 rings (SSSR count). The SMILES string of the molecule is O=C(NC(C1CC1)C(CO)C1CC1)c1cc(-c2ccco2)[nH]n1. The van der Waals surface area contributed by atoms with E-state index in [1.807, 2.05) is 6.07 Å². The van der Waals surface area contributed by atoms with Crippen LogP contribution in [0.3, 0.4) is 0 Å². The van der Waals surface area contributed by atoms with E-state index in [2.05, 4.69) is 15.5 Å². The average Bonchev–Trinajstić information content (AvgIpc) is 3.46. The summed E-state index contributed by atoms with van der Waals surface area (Å²) in [5.41, 5.74) is 1.04. The van der Waals surface area contributed by atoms with Crippen LogP contribution in [0.5, 0.6) is 0 Å². The fraction of sp³-hybridized carbons (Fsp3) is 0.529. The van der Waals surface area contributed by atoms with Crippen molar-refractivity contribution in [3.63, 3.8) is 0 Å². The van der Waals surface area contributed by atoms with Gasteiger partial charge in [0.05, 0.1) is 6.26 Å². The number of aromatic nitrogens is 2. The van der Waals surface area contributed by atoms with Crippen molar-refractivity contribution in [1.82, 2.24) is 15.5 Å². The summed E-state index contributed by atoms with van der Waals surface area (Å²) in [6.07, 6.45) is 6.17. The van der Waals surface area contributed by atoms with E-state index in [0.29, 0.717) is 29.0 Å². The zero-order valence-corrected chi connectivity index (χ0v) is 12.9. The van der Waals surface area contributed by atoms with Gasteiger partial charge < -0.3 is 14.8 Å². The van der Waals surface area contributed by atoms with Crippen LogP contribution in [0.2, 0.25) is 0 Å². The molecule has 6 heteroatoms. The molecule has 122 valence electrons. The molecule has 3 N–H and O–H groups in total. The molecule has 0 aliphatic heterocycles. The zero-order chi connectivity index (χ0) is 15.8. The summed E-state index contributed by atoms with van der Waals surface area (Å²) in [7, 11) is 0. The summed E-state index contributed by atoms with van der Waals surface area (Å²) in [5, 5.41) is 19.7. The van der Waals surface area contributed by atoms with Crippen molar-refractivity contribution >= 4 is 5.91 Å². The van der Waals surface area contributed by atoms with Crippen LogP contribution in [0.4, 0.5) is 0 Å². The number of rotatable bonds is 7. The predicted octanol–water partition coefficient (Wildman–Crippen LogP) is 2.20. The minimum atomic E-state index is -0.185. The molecule has 0 saturated heterocycles. The lowest BCUT2D eigenvalue weighted by Gasteiger charge is -2.26. The Morgan fingerprint density at radius 2 is 2.17 bits per heavy atom. The van der Waals surface area contributed by atoms with Gasteiger partial charge in [0.1, 0.15) is 5.69 Å². The molecule has 0 spiro atoms. The molecule has 2 unspecified atom stereocenters. The fourth-order valence-corrected chi connectivity index (χ4v) is 3.33. The third-order valence-electron chi connectivity index (χ3n) is 4.92. The van der Waals surface area contributed by atoms with Gasteiger partial charge in [-0.15, -0.1) is 0 Å². The molecule has 2 fully saturated rings. The normalized spacial score (nSPS) is 20.2. The highest BCUT2D eigenvalue weighted by molar-refractivity contribution is 5.93. The van der Waals surface area contributed by atoms with Crippen LogP contribution in [0, 0.1) is 17.8 Å². The van der Waals surface area contributed by atoms with E-state index in [4.69, 9.17) is 4.42 Å². The van der Waals surface area contributed by atoms with Crippen molar-refractivity contribution in [3.05, 3.63) is 30.2 Å². The summed E-state index contributed by atoms with van der Waals surface area (Å²) in [4.78, 5) is 12.5.